The van der Waals surface area contributed by atoms with E-state index in [-0.39, 0.29) is 11.8 Å². The zero-order valence-corrected chi connectivity index (χ0v) is 19.2. The summed E-state index contributed by atoms with van der Waals surface area (Å²) in [4.78, 5) is 30.2. The van der Waals surface area contributed by atoms with Crippen LogP contribution in [0.5, 0.6) is 0 Å². The van der Waals surface area contributed by atoms with Crippen LogP contribution in [0.3, 0.4) is 0 Å². The summed E-state index contributed by atoms with van der Waals surface area (Å²) in [5.74, 6) is -0.320. The van der Waals surface area contributed by atoms with E-state index in [1.54, 1.807) is 16.2 Å². The van der Waals surface area contributed by atoms with E-state index in [1.165, 1.54) is 0 Å². The molecule has 2 amide bonds. The Hall–Kier alpha value is -3.38. The highest BCUT2D eigenvalue weighted by Crippen LogP contribution is 2.38. The molecule has 1 N–H and O–H groups in total. The second kappa shape index (κ2) is 7.64. The molecule has 0 bridgehead atoms. The average molecular weight is 444 g/mol. The van der Waals surface area contributed by atoms with Crippen molar-refractivity contribution in [1.29, 1.82) is 0 Å². The summed E-state index contributed by atoms with van der Waals surface area (Å²) in [6, 6.07) is 19.8. The summed E-state index contributed by atoms with van der Waals surface area (Å²) in [6.07, 6.45) is 0. The van der Waals surface area contributed by atoms with Crippen LogP contribution in [0.25, 0.3) is 10.2 Å². The Morgan fingerprint density at radius 1 is 1.06 bits per heavy atom. The summed E-state index contributed by atoms with van der Waals surface area (Å²) in [5, 5.41) is 6.14. The molecule has 1 atom stereocenters. The molecule has 3 heterocycles. The number of nitrogens with zero attached hydrogens (tertiary/aromatic N) is 2. The maximum absolute atomic E-state index is 13.8. The Morgan fingerprint density at radius 3 is 2.50 bits per heavy atom. The quantitative estimate of drug-likeness (QED) is 0.480. The molecule has 5 nitrogen and oxygen atoms in total. The van der Waals surface area contributed by atoms with Crippen molar-refractivity contribution in [3.63, 3.8) is 0 Å². The third kappa shape index (κ3) is 3.31. The molecule has 5 rings (SSSR count). The normalized spacial score (nSPS) is 18.1. The molecule has 0 fully saturated rings. The summed E-state index contributed by atoms with van der Waals surface area (Å²) in [7, 11) is 0. The van der Waals surface area contributed by atoms with Crippen LogP contribution in [-0.4, -0.2) is 21.9 Å². The van der Waals surface area contributed by atoms with E-state index in [4.69, 9.17) is 0 Å². The first-order valence-electron chi connectivity index (χ1n) is 10.7. The topological polar surface area (TPSA) is 54.3 Å². The van der Waals surface area contributed by atoms with Gasteiger partial charge in [0.15, 0.2) is 0 Å². The number of nitrogens with one attached hydrogen (secondary N) is 1. The maximum atomic E-state index is 13.8. The van der Waals surface area contributed by atoms with Gasteiger partial charge in [-0.05, 0) is 67.1 Å². The van der Waals surface area contributed by atoms with Gasteiger partial charge in [-0.2, -0.15) is 0 Å². The van der Waals surface area contributed by atoms with Gasteiger partial charge in [-0.25, -0.2) is 0 Å². The predicted octanol–water partition coefficient (Wildman–Crippen LogP) is 5.06. The van der Waals surface area contributed by atoms with Crippen LogP contribution in [0, 0.1) is 13.8 Å². The van der Waals surface area contributed by atoms with Gasteiger partial charge in [-0.1, -0.05) is 36.4 Å². The standard InChI is InChI=1S/C26H25N3O2S/c1-17-11-18(2)13-21(12-17)29-23(30)22-14-20-9-10-32-24(20)28(22)16-26(29,3)25(31)27-15-19-7-5-4-6-8-19/h4-14H,15-16H2,1-3H3,(H,27,31). The molecule has 6 heteroatoms. The lowest BCUT2D eigenvalue weighted by Gasteiger charge is -2.44. The van der Waals surface area contributed by atoms with Gasteiger partial charge in [0.05, 0.1) is 6.54 Å². The van der Waals surface area contributed by atoms with Gasteiger partial charge >= 0.3 is 0 Å². The van der Waals surface area contributed by atoms with Crippen molar-refractivity contribution in [2.75, 3.05) is 4.90 Å². The highest BCUT2D eigenvalue weighted by Gasteiger charge is 2.48. The van der Waals surface area contributed by atoms with Crippen molar-refractivity contribution in [3.8, 4) is 0 Å². The zero-order valence-electron chi connectivity index (χ0n) is 18.4. The van der Waals surface area contributed by atoms with Gasteiger partial charge in [0.25, 0.3) is 5.91 Å². The molecule has 1 aliphatic heterocycles. The van der Waals surface area contributed by atoms with Gasteiger partial charge < -0.3 is 9.88 Å². The lowest BCUT2D eigenvalue weighted by molar-refractivity contribution is -0.126. The van der Waals surface area contributed by atoms with Crippen LogP contribution in [0.1, 0.15) is 34.1 Å². The van der Waals surface area contributed by atoms with Crippen LogP contribution >= 0.6 is 11.3 Å². The monoisotopic (exact) mass is 443 g/mol. The molecule has 0 saturated heterocycles. The SMILES string of the molecule is Cc1cc(C)cc(N2C(=O)c3cc4ccsc4n3CC2(C)C(=O)NCc2ccccc2)c1. The lowest BCUT2D eigenvalue weighted by atomic mass is 9.93. The summed E-state index contributed by atoms with van der Waals surface area (Å²) >= 11 is 1.60. The van der Waals surface area contributed by atoms with Gasteiger partial charge in [-0.15, -0.1) is 11.3 Å². The van der Waals surface area contributed by atoms with Crippen molar-refractivity contribution in [1.82, 2.24) is 9.88 Å². The number of carbonyl (C=O) groups excluding carboxylic acids is 2. The minimum atomic E-state index is -1.07. The maximum Gasteiger partial charge on any atom is 0.275 e. The third-order valence-electron chi connectivity index (χ3n) is 6.13. The Balaban J connectivity index is 1.60. The molecular weight excluding hydrogens is 418 g/mol. The van der Waals surface area contributed by atoms with Gasteiger partial charge in [0.2, 0.25) is 5.91 Å². The van der Waals surface area contributed by atoms with Crippen LogP contribution < -0.4 is 10.2 Å². The smallest absolute Gasteiger partial charge is 0.275 e. The molecule has 2 aromatic heterocycles. The molecular formula is C26H25N3O2S. The van der Waals surface area contributed by atoms with Crippen molar-refractivity contribution >= 4 is 39.1 Å². The first kappa shape index (κ1) is 20.5. The van der Waals surface area contributed by atoms with Crippen LogP contribution in [0.2, 0.25) is 0 Å². The van der Waals surface area contributed by atoms with Crippen LogP contribution in [0.15, 0.2) is 66.0 Å². The number of aryl methyl sites for hydroxylation is 2. The lowest BCUT2D eigenvalue weighted by Crippen LogP contribution is -2.64. The number of hydrogen-bond donors (Lipinski definition) is 1. The van der Waals surface area contributed by atoms with E-state index in [2.05, 4.69) is 11.4 Å². The first-order chi connectivity index (χ1) is 15.4. The molecule has 32 heavy (non-hydrogen) atoms. The molecule has 0 spiro atoms. The fourth-order valence-corrected chi connectivity index (χ4v) is 5.55. The van der Waals surface area contributed by atoms with Crippen molar-refractivity contribution in [3.05, 3.63) is 88.4 Å². The average Bonchev–Trinajstić information content (AvgIpc) is 3.34. The number of anilines is 1. The number of carbonyl (C=O) groups is 2. The Bertz CT molecular complexity index is 1320. The second-order valence-electron chi connectivity index (χ2n) is 8.73. The highest BCUT2D eigenvalue weighted by atomic mass is 32.1. The number of aromatic nitrogens is 1. The summed E-state index contributed by atoms with van der Waals surface area (Å²) < 4.78 is 2.00. The van der Waals surface area contributed by atoms with Gasteiger partial charge in [0, 0.05) is 17.6 Å². The van der Waals surface area contributed by atoms with E-state index in [9.17, 15) is 9.59 Å². The molecule has 0 radical (unpaired) electrons. The fourth-order valence-electron chi connectivity index (χ4n) is 4.65. The molecule has 0 saturated carbocycles. The Morgan fingerprint density at radius 2 is 1.78 bits per heavy atom. The van der Waals surface area contributed by atoms with Crippen molar-refractivity contribution < 1.29 is 9.59 Å². The van der Waals surface area contributed by atoms with E-state index < -0.39 is 5.54 Å². The molecule has 1 unspecified atom stereocenters. The van der Waals surface area contributed by atoms with Gasteiger partial charge in [-0.3, -0.25) is 14.5 Å². The Kier molecular flexibility index (Phi) is 4.90. The molecule has 1 aliphatic rings. The largest absolute Gasteiger partial charge is 0.350 e. The summed E-state index contributed by atoms with van der Waals surface area (Å²) in [6.45, 7) is 6.70. The zero-order chi connectivity index (χ0) is 22.5. The van der Waals surface area contributed by atoms with Crippen molar-refractivity contribution in [2.45, 2.75) is 39.4 Å². The first-order valence-corrected chi connectivity index (χ1v) is 11.6. The minimum Gasteiger partial charge on any atom is -0.350 e. The minimum absolute atomic E-state index is 0.151. The van der Waals surface area contributed by atoms with E-state index >= 15 is 0 Å². The van der Waals surface area contributed by atoms with E-state index in [0.717, 1.165) is 32.6 Å². The van der Waals surface area contributed by atoms with Gasteiger partial charge in [0.1, 0.15) is 16.1 Å². The predicted molar refractivity (Wildman–Crippen MR) is 129 cm³/mol. The number of fused-ring (bicyclic) bond motifs is 3. The third-order valence-corrected chi connectivity index (χ3v) is 7.09. The van der Waals surface area contributed by atoms with Crippen LogP contribution in [-0.2, 0) is 17.9 Å². The summed E-state index contributed by atoms with van der Waals surface area (Å²) in [5.41, 5.74) is 3.44. The number of benzene rings is 2. The number of thiophene rings is 1. The van der Waals surface area contributed by atoms with E-state index in [0.29, 0.717) is 18.8 Å². The fraction of sp³-hybridized carbons (Fsp3) is 0.231. The molecule has 0 aliphatic carbocycles. The molecule has 2 aromatic carbocycles. The number of hydrogen-bond acceptors (Lipinski definition) is 3. The number of rotatable bonds is 4. The molecule has 162 valence electrons. The highest BCUT2D eigenvalue weighted by molar-refractivity contribution is 7.16. The Labute approximate surface area is 191 Å². The van der Waals surface area contributed by atoms with Crippen molar-refractivity contribution in [2.24, 2.45) is 0 Å². The van der Waals surface area contributed by atoms with Crippen LogP contribution in [0.4, 0.5) is 5.69 Å². The molecule has 4 aromatic rings. The van der Waals surface area contributed by atoms with E-state index in [1.807, 2.05) is 85.3 Å². The second-order valence-corrected chi connectivity index (χ2v) is 9.62. The number of amides is 2.